The number of likely N-dealkylation sites (tertiary alicyclic amines) is 1. The second kappa shape index (κ2) is 15.1. The van der Waals surface area contributed by atoms with Gasteiger partial charge >= 0.3 is 12.1 Å². The normalized spacial score (nSPS) is 23.2. The van der Waals surface area contributed by atoms with Gasteiger partial charge in [-0.2, -0.15) is 13.2 Å². The number of thiazole rings is 1. The van der Waals surface area contributed by atoms with Gasteiger partial charge < -0.3 is 10.0 Å². The number of rotatable bonds is 10. The van der Waals surface area contributed by atoms with Gasteiger partial charge in [0.05, 0.1) is 16.5 Å². The summed E-state index contributed by atoms with van der Waals surface area (Å²) in [6.07, 6.45) is 4.83. The van der Waals surface area contributed by atoms with Crippen LogP contribution in [0.25, 0.3) is 0 Å². The number of hydrogen-bond acceptors (Lipinski definition) is 4. The summed E-state index contributed by atoms with van der Waals surface area (Å²) in [6.45, 7) is 2.78. The predicted octanol–water partition coefficient (Wildman–Crippen LogP) is 9.23. The van der Waals surface area contributed by atoms with Gasteiger partial charge in [0.2, 0.25) is 0 Å². The molecule has 1 aliphatic heterocycles. The quantitative estimate of drug-likeness (QED) is 0.216. The Hall–Kier alpha value is -2.20. The van der Waals surface area contributed by atoms with Crippen molar-refractivity contribution in [3.8, 4) is 0 Å². The molecule has 3 aromatic rings. The zero-order valence-corrected chi connectivity index (χ0v) is 27.4. The molecule has 0 spiro atoms. The van der Waals surface area contributed by atoms with Crippen LogP contribution < -0.4 is 0 Å². The lowest BCUT2D eigenvalue weighted by Crippen LogP contribution is -2.37. The van der Waals surface area contributed by atoms with E-state index in [2.05, 4.69) is 9.88 Å². The average Bonchev–Trinajstić information content (AvgIpc) is 3.52. The molecule has 4 nitrogen and oxygen atoms in total. The highest BCUT2D eigenvalue weighted by atomic mass is 35.5. The van der Waals surface area contributed by atoms with Gasteiger partial charge in [-0.1, -0.05) is 37.1 Å². The fourth-order valence-corrected chi connectivity index (χ4v) is 8.49. The van der Waals surface area contributed by atoms with E-state index < -0.39 is 17.7 Å². The zero-order valence-electron chi connectivity index (χ0n) is 24.9. The molecule has 0 bridgehead atoms. The van der Waals surface area contributed by atoms with Crippen molar-refractivity contribution in [3.05, 3.63) is 87.1 Å². The summed E-state index contributed by atoms with van der Waals surface area (Å²) in [5.41, 5.74) is 1.16. The molecule has 246 valence electrons. The number of halogens is 6. The van der Waals surface area contributed by atoms with Crippen LogP contribution in [-0.2, 0) is 17.4 Å². The van der Waals surface area contributed by atoms with Crippen LogP contribution in [0.15, 0.2) is 54.7 Å². The van der Waals surface area contributed by atoms with Crippen LogP contribution in [0.2, 0.25) is 0 Å². The molecule has 11 heteroatoms. The summed E-state index contributed by atoms with van der Waals surface area (Å²) in [5, 5.41) is 11.0. The Bertz CT molecular complexity index is 1410. The molecule has 1 aromatic heterocycles. The van der Waals surface area contributed by atoms with Gasteiger partial charge in [0, 0.05) is 24.0 Å². The molecule has 0 radical (unpaired) electrons. The lowest BCUT2D eigenvalue weighted by Gasteiger charge is -2.34. The van der Waals surface area contributed by atoms with Crippen molar-refractivity contribution in [2.45, 2.75) is 69.4 Å². The number of piperidine rings is 1. The highest BCUT2D eigenvalue weighted by Gasteiger charge is 2.43. The Morgan fingerprint density at radius 1 is 1.02 bits per heavy atom. The second-order valence-corrected chi connectivity index (χ2v) is 14.0. The third-order valence-electron chi connectivity index (χ3n) is 9.87. The number of aromatic nitrogens is 1. The Kier molecular flexibility index (Phi) is 12.0. The Labute approximate surface area is 278 Å². The molecule has 2 aromatic carbocycles. The van der Waals surface area contributed by atoms with Crippen LogP contribution in [-0.4, -0.2) is 40.6 Å². The largest absolute Gasteiger partial charge is 0.481 e. The van der Waals surface area contributed by atoms with Crippen LogP contribution in [0, 0.1) is 29.5 Å². The zero-order chi connectivity index (χ0) is 30.1. The molecule has 1 saturated heterocycles. The van der Waals surface area contributed by atoms with E-state index in [0.717, 1.165) is 92.8 Å². The number of hydrogen-bond donors (Lipinski definition) is 1. The molecule has 1 N–H and O–H groups in total. The van der Waals surface area contributed by atoms with Gasteiger partial charge in [-0.3, -0.25) is 4.79 Å². The first-order valence-corrected chi connectivity index (χ1v) is 16.3. The van der Waals surface area contributed by atoms with E-state index in [4.69, 9.17) is 0 Å². The third kappa shape index (κ3) is 8.99. The Balaban J connectivity index is 0.00000230. The van der Waals surface area contributed by atoms with Crippen LogP contribution in [0.5, 0.6) is 0 Å². The van der Waals surface area contributed by atoms with Crippen LogP contribution in [0.4, 0.5) is 17.6 Å². The topological polar surface area (TPSA) is 53.4 Å². The van der Waals surface area contributed by atoms with Crippen LogP contribution in [0.1, 0.15) is 83.4 Å². The first-order valence-electron chi connectivity index (χ1n) is 15.4. The Morgan fingerprint density at radius 3 is 2.36 bits per heavy atom. The van der Waals surface area contributed by atoms with E-state index >= 15 is 0 Å². The third-order valence-corrected chi connectivity index (χ3v) is 11.0. The second-order valence-electron chi connectivity index (χ2n) is 12.9. The van der Waals surface area contributed by atoms with Crippen LogP contribution >= 0.6 is 36.2 Å². The molecule has 3 unspecified atom stereocenters. The van der Waals surface area contributed by atoms with Crippen molar-refractivity contribution in [3.63, 3.8) is 0 Å². The van der Waals surface area contributed by atoms with Crippen molar-refractivity contribution in [1.29, 1.82) is 0 Å². The standard InChI is InChI=1S/C34H38F4N2O2S.2ClH/c35-28-3-1-2-24(17-28)29-18-25(30(33(41)42)14-21-4-5-21)16-26(29)20-40-12-10-23(11-13-40)31-19-39-32(43-31)15-22-6-8-27(9-7-22)34(36,37)38;;/h1-3,6-9,17,19,21,23,25-26,29-30H,4-5,10-16,18,20H2,(H,41,42);2*1H/t25?,26?,29?,30-;;/m0../s1. The van der Waals surface area contributed by atoms with Gasteiger partial charge in [-0.05, 0) is 110 Å². The highest BCUT2D eigenvalue weighted by Crippen LogP contribution is 2.50. The SMILES string of the molecule is Cl.Cl.O=C(O)[C@@H](CC1CC1)C1CC(CN2CCC(c3cnc(Cc4ccc(C(F)(F)F)cc4)s3)CC2)C(c2cccc(F)c2)C1. The Morgan fingerprint density at radius 2 is 1.73 bits per heavy atom. The summed E-state index contributed by atoms with van der Waals surface area (Å²) in [6, 6.07) is 12.2. The number of carboxylic acid groups (broad SMARTS) is 1. The lowest BCUT2D eigenvalue weighted by molar-refractivity contribution is -0.144. The van der Waals surface area contributed by atoms with Gasteiger partial charge in [0.25, 0.3) is 0 Å². The number of aliphatic carboxylic acids is 1. The predicted molar refractivity (Wildman–Crippen MR) is 173 cm³/mol. The molecule has 6 rings (SSSR count). The minimum absolute atomic E-state index is 0. The van der Waals surface area contributed by atoms with Gasteiger partial charge in [-0.15, -0.1) is 36.2 Å². The molecule has 3 fully saturated rings. The molecule has 2 aliphatic carbocycles. The minimum atomic E-state index is -4.33. The van der Waals surface area contributed by atoms with E-state index in [0.29, 0.717) is 24.2 Å². The van der Waals surface area contributed by atoms with E-state index in [-0.39, 0.29) is 48.4 Å². The molecule has 0 amide bonds. The summed E-state index contributed by atoms with van der Waals surface area (Å²) in [5.74, 6) is 0.289. The highest BCUT2D eigenvalue weighted by molar-refractivity contribution is 7.11. The average molecular weight is 688 g/mol. The fraction of sp³-hybridized carbons (Fsp3) is 0.529. The lowest BCUT2D eigenvalue weighted by atomic mass is 9.85. The molecule has 2 heterocycles. The molecular formula is C34H40Cl2F4N2O2S. The number of carboxylic acids is 1. The first-order chi connectivity index (χ1) is 20.6. The number of nitrogens with zero attached hydrogens (tertiary/aromatic N) is 2. The number of alkyl halides is 3. The molecule has 2 saturated carbocycles. The molecule has 4 atom stereocenters. The maximum absolute atomic E-state index is 14.2. The van der Waals surface area contributed by atoms with Crippen molar-refractivity contribution in [2.24, 2.45) is 23.7 Å². The smallest absolute Gasteiger partial charge is 0.416 e. The molecule has 45 heavy (non-hydrogen) atoms. The molecular weight excluding hydrogens is 647 g/mol. The van der Waals surface area contributed by atoms with E-state index in [1.807, 2.05) is 12.3 Å². The van der Waals surface area contributed by atoms with Crippen molar-refractivity contribution >= 4 is 42.1 Å². The van der Waals surface area contributed by atoms with Crippen LogP contribution in [0.3, 0.4) is 0 Å². The van der Waals surface area contributed by atoms with Gasteiger partial charge in [0.15, 0.2) is 0 Å². The molecule has 3 aliphatic rings. The van der Waals surface area contributed by atoms with E-state index in [1.54, 1.807) is 23.5 Å². The summed E-state index contributed by atoms with van der Waals surface area (Å²) >= 11 is 1.65. The van der Waals surface area contributed by atoms with Crippen molar-refractivity contribution in [2.75, 3.05) is 19.6 Å². The number of benzene rings is 2. The van der Waals surface area contributed by atoms with Crippen molar-refractivity contribution in [1.82, 2.24) is 9.88 Å². The van der Waals surface area contributed by atoms with Gasteiger partial charge in [0.1, 0.15) is 5.82 Å². The van der Waals surface area contributed by atoms with E-state index in [1.165, 1.54) is 23.1 Å². The van der Waals surface area contributed by atoms with Gasteiger partial charge in [-0.25, -0.2) is 9.37 Å². The van der Waals surface area contributed by atoms with Crippen molar-refractivity contribution < 1.29 is 27.5 Å². The summed E-state index contributed by atoms with van der Waals surface area (Å²) in [4.78, 5) is 20.6. The van der Waals surface area contributed by atoms with E-state index in [9.17, 15) is 27.5 Å². The maximum atomic E-state index is 14.2. The summed E-state index contributed by atoms with van der Waals surface area (Å²) in [7, 11) is 0. The monoisotopic (exact) mass is 686 g/mol. The minimum Gasteiger partial charge on any atom is -0.481 e. The summed E-state index contributed by atoms with van der Waals surface area (Å²) < 4.78 is 52.8. The maximum Gasteiger partial charge on any atom is 0.416 e. The number of carbonyl (C=O) groups is 1. The first kappa shape index (κ1) is 35.7. The fourth-order valence-electron chi connectivity index (χ4n) is 7.36.